The zero-order chi connectivity index (χ0) is 22.6. The number of anilines is 2. The molecule has 168 valence electrons. The number of fused-ring (bicyclic) bond motifs is 1. The van der Waals surface area contributed by atoms with E-state index in [1.165, 1.54) is 0 Å². The zero-order valence-electron chi connectivity index (χ0n) is 18.5. The van der Waals surface area contributed by atoms with Crippen LogP contribution in [0.3, 0.4) is 0 Å². The van der Waals surface area contributed by atoms with Gasteiger partial charge in [0, 0.05) is 11.9 Å². The lowest BCUT2D eigenvalue weighted by atomic mass is 10.0. The standard InChI is InChI=1S/C25H27N7O/c1-17(18-7-3-2-4-8-18)29-25-27-14-12-23(31-25)32-16-28-21-15-19(10-11-22(21)32)30-24(33)20-9-5-6-13-26-20/h2-4,7-8,10-12,14-17,20,26H,5-6,9,13H2,1H3,(H,30,33)(H,27,29,31)/t17?,20-/m0/s1. The van der Waals surface area contributed by atoms with Crippen LogP contribution in [0.1, 0.15) is 37.8 Å². The number of nitrogens with one attached hydrogen (secondary N) is 3. The monoisotopic (exact) mass is 441 g/mol. The number of hydrogen-bond donors (Lipinski definition) is 3. The van der Waals surface area contributed by atoms with Crippen LogP contribution >= 0.6 is 0 Å². The number of benzene rings is 2. The Hall–Kier alpha value is -3.78. The minimum atomic E-state index is -0.128. The third-order valence-corrected chi connectivity index (χ3v) is 5.97. The SMILES string of the molecule is CC(Nc1nccc(-n2cnc3cc(NC(=O)[C@@H]4CCCCN4)ccc32)n1)c1ccccc1. The molecule has 2 aromatic carbocycles. The highest BCUT2D eigenvalue weighted by Gasteiger charge is 2.20. The van der Waals surface area contributed by atoms with Gasteiger partial charge in [-0.15, -0.1) is 0 Å². The van der Waals surface area contributed by atoms with Crippen molar-refractivity contribution in [3.8, 4) is 5.82 Å². The largest absolute Gasteiger partial charge is 0.348 e. The molecular formula is C25H27N7O. The van der Waals surface area contributed by atoms with Gasteiger partial charge in [-0.05, 0) is 56.1 Å². The molecule has 0 bridgehead atoms. The molecule has 1 saturated heterocycles. The maximum Gasteiger partial charge on any atom is 0.241 e. The maximum absolute atomic E-state index is 12.5. The Morgan fingerprint density at radius 3 is 2.82 bits per heavy atom. The van der Waals surface area contributed by atoms with Crippen LogP contribution in [-0.4, -0.2) is 38.0 Å². The molecule has 4 aromatic rings. The molecule has 1 amide bonds. The predicted molar refractivity (Wildman–Crippen MR) is 129 cm³/mol. The number of amides is 1. The second kappa shape index (κ2) is 9.38. The quantitative estimate of drug-likeness (QED) is 0.417. The zero-order valence-corrected chi connectivity index (χ0v) is 18.5. The van der Waals surface area contributed by atoms with Gasteiger partial charge in [0.15, 0.2) is 0 Å². The van der Waals surface area contributed by atoms with Crippen LogP contribution in [0.25, 0.3) is 16.9 Å². The lowest BCUT2D eigenvalue weighted by Gasteiger charge is -2.22. The van der Waals surface area contributed by atoms with Crippen molar-refractivity contribution in [1.82, 2.24) is 24.8 Å². The predicted octanol–water partition coefficient (Wildman–Crippen LogP) is 4.07. The Morgan fingerprint density at radius 1 is 1.12 bits per heavy atom. The first-order chi connectivity index (χ1) is 16.2. The Labute approximate surface area is 192 Å². The fourth-order valence-corrected chi connectivity index (χ4v) is 4.15. The fourth-order valence-electron chi connectivity index (χ4n) is 4.15. The van der Waals surface area contributed by atoms with Crippen molar-refractivity contribution in [2.24, 2.45) is 0 Å². The molecule has 0 saturated carbocycles. The molecule has 3 N–H and O–H groups in total. The van der Waals surface area contributed by atoms with Crippen LogP contribution in [0, 0.1) is 0 Å². The Bertz CT molecular complexity index is 1250. The van der Waals surface area contributed by atoms with Gasteiger partial charge in [-0.3, -0.25) is 9.36 Å². The van der Waals surface area contributed by atoms with E-state index in [-0.39, 0.29) is 18.0 Å². The summed E-state index contributed by atoms with van der Waals surface area (Å²) < 4.78 is 1.92. The molecule has 5 rings (SSSR count). The van der Waals surface area contributed by atoms with Gasteiger partial charge in [-0.2, -0.15) is 4.98 Å². The first kappa shape index (κ1) is 21.1. The summed E-state index contributed by atoms with van der Waals surface area (Å²) in [5.41, 5.74) is 3.60. The highest BCUT2D eigenvalue weighted by atomic mass is 16.2. The summed E-state index contributed by atoms with van der Waals surface area (Å²) in [5, 5.41) is 9.65. The van der Waals surface area contributed by atoms with Gasteiger partial charge in [0.1, 0.15) is 12.1 Å². The molecule has 0 spiro atoms. The van der Waals surface area contributed by atoms with Crippen LogP contribution in [0.2, 0.25) is 0 Å². The minimum absolute atomic E-state index is 0.00698. The summed E-state index contributed by atoms with van der Waals surface area (Å²) in [7, 11) is 0. The second-order valence-electron chi connectivity index (χ2n) is 8.32. The van der Waals surface area contributed by atoms with Gasteiger partial charge in [0.05, 0.1) is 23.1 Å². The molecule has 3 heterocycles. The molecule has 8 heteroatoms. The summed E-state index contributed by atoms with van der Waals surface area (Å²) in [5.74, 6) is 1.28. The minimum Gasteiger partial charge on any atom is -0.348 e. The molecule has 1 unspecified atom stereocenters. The lowest BCUT2D eigenvalue weighted by molar-refractivity contribution is -0.118. The van der Waals surface area contributed by atoms with Gasteiger partial charge in [-0.1, -0.05) is 36.8 Å². The highest BCUT2D eigenvalue weighted by Crippen LogP contribution is 2.23. The molecule has 2 aromatic heterocycles. The van der Waals surface area contributed by atoms with Crippen LogP contribution in [-0.2, 0) is 4.79 Å². The van der Waals surface area contributed by atoms with E-state index in [2.05, 4.69) is 50.0 Å². The summed E-state index contributed by atoms with van der Waals surface area (Å²) in [6.07, 6.45) is 6.55. The van der Waals surface area contributed by atoms with Crippen LogP contribution in [0.15, 0.2) is 67.1 Å². The molecule has 33 heavy (non-hydrogen) atoms. The van der Waals surface area contributed by atoms with E-state index in [1.54, 1.807) is 12.5 Å². The van der Waals surface area contributed by atoms with Crippen molar-refractivity contribution in [1.29, 1.82) is 0 Å². The number of piperidine rings is 1. The normalized spacial score (nSPS) is 16.9. The molecule has 2 atom stereocenters. The Kier molecular flexibility index (Phi) is 5.99. The van der Waals surface area contributed by atoms with Crippen molar-refractivity contribution >= 4 is 28.6 Å². The number of carbonyl (C=O) groups is 1. The Morgan fingerprint density at radius 2 is 2.00 bits per heavy atom. The summed E-state index contributed by atoms with van der Waals surface area (Å²) in [6, 6.07) is 17.7. The number of carbonyl (C=O) groups excluding carboxylic acids is 1. The summed E-state index contributed by atoms with van der Waals surface area (Å²) >= 11 is 0. The first-order valence-corrected chi connectivity index (χ1v) is 11.3. The Balaban J connectivity index is 1.34. The number of rotatable bonds is 6. The molecule has 8 nitrogen and oxygen atoms in total. The van der Waals surface area contributed by atoms with Gasteiger partial charge < -0.3 is 16.0 Å². The highest BCUT2D eigenvalue weighted by molar-refractivity contribution is 5.96. The van der Waals surface area contributed by atoms with Crippen LogP contribution < -0.4 is 16.0 Å². The average Bonchev–Trinajstić information content (AvgIpc) is 3.28. The van der Waals surface area contributed by atoms with Gasteiger partial charge >= 0.3 is 0 Å². The van der Waals surface area contributed by atoms with Crippen LogP contribution in [0.4, 0.5) is 11.6 Å². The van der Waals surface area contributed by atoms with E-state index in [1.807, 2.05) is 47.0 Å². The molecule has 0 aliphatic carbocycles. The van der Waals surface area contributed by atoms with E-state index in [0.29, 0.717) is 5.95 Å². The molecule has 1 aliphatic heterocycles. The summed E-state index contributed by atoms with van der Waals surface area (Å²) in [4.78, 5) is 26.1. The molecule has 1 fully saturated rings. The van der Waals surface area contributed by atoms with Gasteiger partial charge in [0.2, 0.25) is 11.9 Å². The third-order valence-electron chi connectivity index (χ3n) is 5.97. The topological polar surface area (TPSA) is 96.8 Å². The van der Waals surface area contributed by atoms with Gasteiger partial charge in [0.25, 0.3) is 0 Å². The lowest BCUT2D eigenvalue weighted by Crippen LogP contribution is -2.43. The molecular weight excluding hydrogens is 414 g/mol. The van der Waals surface area contributed by atoms with Crippen LogP contribution in [0.5, 0.6) is 0 Å². The van der Waals surface area contributed by atoms with E-state index >= 15 is 0 Å². The van der Waals surface area contributed by atoms with Gasteiger partial charge in [-0.25, -0.2) is 9.97 Å². The van der Waals surface area contributed by atoms with Crippen molar-refractivity contribution in [3.05, 3.63) is 72.7 Å². The maximum atomic E-state index is 12.5. The van der Waals surface area contributed by atoms with E-state index in [0.717, 1.165) is 53.9 Å². The third kappa shape index (κ3) is 4.70. The van der Waals surface area contributed by atoms with Crippen molar-refractivity contribution in [3.63, 3.8) is 0 Å². The van der Waals surface area contributed by atoms with Crippen molar-refractivity contribution in [2.75, 3.05) is 17.2 Å². The first-order valence-electron chi connectivity index (χ1n) is 11.3. The number of hydrogen-bond acceptors (Lipinski definition) is 6. The van der Waals surface area contributed by atoms with E-state index in [4.69, 9.17) is 0 Å². The number of aromatic nitrogens is 4. The summed E-state index contributed by atoms with van der Waals surface area (Å²) in [6.45, 7) is 2.97. The second-order valence-corrected chi connectivity index (χ2v) is 8.32. The molecule has 1 aliphatic rings. The average molecular weight is 442 g/mol. The van der Waals surface area contributed by atoms with Crippen molar-refractivity contribution in [2.45, 2.75) is 38.3 Å². The van der Waals surface area contributed by atoms with E-state index in [9.17, 15) is 4.79 Å². The fraction of sp³-hybridized carbons (Fsp3) is 0.280. The van der Waals surface area contributed by atoms with E-state index < -0.39 is 0 Å². The number of nitrogens with zero attached hydrogens (tertiary/aromatic N) is 4. The number of imidazole rings is 1. The molecule has 0 radical (unpaired) electrons. The smallest absolute Gasteiger partial charge is 0.241 e. The van der Waals surface area contributed by atoms with Crippen molar-refractivity contribution < 1.29 is 4.79 Å².